The van der Waals surface area contributed by atoms with E-state index >= 15 is 0 Å². The van der Waals surface area contributed by atoms with Crippen molar-refractivity contribution in [2.75, 3.05) is 12.4 Å². The van der Waals surface area contributed by atoms with Crippen molar-refractivity contribution >= 4 is 17.4 Å². The number of carbonyl (C=O) groups is 1. The number of hydrogen-bond donors (Lipinski definition) is 1. The predicted molar refractivity (Wildman–Crippen MR) is 111 cm³/mol. The minimum Gasteiger partial charge on any atom is -0.497 e. The molecule has 0 spiro atoms. The largest absolute Gasteiger partial charge is 0.497 e. The molecule has 0 aliphatic heterocycles. The summed E-state index contributed by atoms with van der Waals surface area (Å²) in [4.78, 5) is 17.5. The predicted octanol–water partition coefficient (Wildman–Crippen LogP) is 5.59. The number of nitrogens with one attached hydrogen (secondary N) is 1. The van der Waals surface area contributed by atoms with Gasteiger partial charge in [-0.05, 0) is 73.2 Å². The van der Waals surface area contributed by atoms with Gasteiger partial charge in [0.15, 0.2) is 0 Å². The number of ether oxygens (including phenoxy) is 1. The van der Waals surface area contributed by atoms with Gasteiger partial charge in [0.1, 0.15) is 22.9 Å². The molecule has 2 heterocycles. The van der Waals surface area contributed by atoms with Gasteiger partial charge in [0.05, 0.1) is 12.7 Å². The number of methoxy groups -OCH3 is 1. The van der Waals surface area contributed by atoms with E-state index in [1.54, 1.807) is 29.8 Å². The SMILES string of the molecule is COc1ccc(-c2nc3cc(C)ccn3c2NC(=O)c2ccc(C(F)(F)F)cc2)cc1. The maximum atomic E-state index is 12.8. The van der Waals surface area contributed by atoms with Crippen LogP contribution < -0.4 is 10.1 Å². The van der Waals surface area contributed by atoms with Crippen LogP contribution in [0.15, 0.2) is 66.9 Å². The number of amides is 1. The number of nitrogens with zero attached hydrogens (tertiary/aromatic N) is 2. The normalized spacial score (nSPS) is 11.5. The van der Waals surface area contributed by atoms with E-state index in [9.17, 15) is 18.0 Å². The summed E-state index contributed by atoms with van der Waals surface area (Å²) in [5.41, 5.74) is 2.22. The summed E-state index contributed by atoms with van der Waals surface area (Å²) in [6, 6.07) is 15.0. The van der Waals surface area contributed by atoms with Crippen LogP contribution >= 0.6 is 0 Å². The Labute approximate surface area is 176 Å². The second-order valence-corrected chi connectivity index (χ2v) is 7.00. The molecule has 0 fully saturated rings. The molecular formula is C23H18F3N3O2. The first-order valence-corrected chi connectivity index (χ1v) is 9.38. The van der Waals surface area contributed by atoms with Crippen molar-refractivity contribution in [2.45, 2.75) is 13.1 Å². The molecule has 0 bridgehead atoms. The van der Waals surface area contributed by atoms with Crippen molar-refractivity contribution in [2.24, 2.45) is 0 Å². The van der Waals surface area contributed by atoms with E-state index in [1.165, 1.54) is 0 Å². The van der Waals surface area contributed by atoms with Crippen molar-refractivity contribution in [3.63, 3.8) is 0 Å². The third-order valence-electron chi connectivity index (χ3n) is 4.85. The molecule has 1 amide bonds. The van der Waals surface area contributed by atoms with Gasteiger partial charge in [-0.1, -0.05) is 0 Å². The number of rotatable bonds is 4. The fourth-order valence-electron chi connectivity index (χ4n) is 3.21. The molecule has 0 atom stereocenters. The quantitative estimate of drug-likeness (QED) is 0.464. The van der Waals surface area contributed by atoms with Crippen LogP contribution in [0.5, 0.6) is 5.75 Å². The smallest absolute Gasteiger partial charge is 0.416 e. The lowest BCUT2D eigenvalue weighted by Crippen LogP contribution is -2.14. The third kappa shape index (κ3) is 4.09. The molecule has 4 aromatic rings. The Morgan fingerprint density at radius 3 is 2.32 bits per heavy atom. The number of hydrogen-bond acceptors (Lipinski definition) is 3. The molecule has 5 nitrogen and oxygen atoms in total. The van der Waals surface area contributed by atoms with Gasteiger partial charge in [-0.3, -0.25) is 9.20 Å². The fraction of sp³-hybridized carbons (Fsp3) is 0.130. The molecule has 8 heteroatoms. The minimum absolute atomic E-state index is 0.107. The molecule has 31 heavy (non-hydrogen) atoms. The first kappa shape index (κ1) is 20.5. The van der Waals surface area contributed by atoms with Gasteiger partial charge in [-0.2, -0.15) is 13.2 Å². The Morgan fingerprint density at radius 1 is 1.03 bits per heavy atom. The molecule has 158 valence electrons. The van der Waals surface area contributed by atoms with E-state index in [0.717, 1.165) is 35.4 Å². The molecule has 0 aliphatic rings. The van der Waals surface area contributed by atoms with Crippen LogP contribution in [0.3, 0.4) is 0 Å². The molecule has 2 aromatic carbocycles. The van der Waals surface area contributed by atoms with Crippen LogP contribution in [0.4, 0.5) is 19.0 Å². The van der Waals surface area contributed by atoms with E-state index < -0.39 is 17.6 Å². The average Bonchev–Trinajstić information content (AvgIpc) is 3.10. The van der Waals surface area contributed by atoms with Crippen LogP contribution in [0.1, 0.15) is 21.5 Å². The Bertz CT molecular complexity index is 1240. The Morgan fingerprint density at radius 2 is 1.71 bits per heavy atom. The number of pyridine rings is 1. The van der Waals surface area contributed by atoms with E-state index in [1.807, 2.05) is 31.2 Å². The standard InChI is InChI=1S/C23H18F3N3O2/c1-14-11-12-29-19(13-14)27-20(15-5-9-18(31-2)10-6-15)21(29)28-22(30)16-3-7-17(8-4-16)23(24,25)26/h3-13H,1-2H3,(H,28,30). The number of fused-ring (bicyclic) bond motifs is 1. The highest BCUT2D eigenvalue weighted by molar-refractivity contribution is 6.05. The first-order valence-electron chi connectivity index (χ1n) is 9.38. The zero-order valence-corrected chi connectivity index (χ0v) is 16.7. The van der Waals surface area contributed by atoms with Crippen molar-refractivity contribution in [3.8, 4) is 17.0 Å². The number of carbonyl (C=O) groups excluding carboxylic acids is 1. The number of aryl methyl sites for hydroxylation is 1. The highest BCUT2D eigenvalue weighted by Crippen LogP contribution is 2.32. The van der Waals surface area contributed by atoms with Gasteiger partial charge in [0.2, 0.25) is 0 Å². The summed E-state index contributed by atoms with van der Waals surface area (Å²) >= 11 is 0. The number of benzene rings is 2. The summed E-state index contributed by atoms with van der Waals surface area (Å²) in [5, 5.41) is 2.80. The number of aromatic nitrogens is 2. The highest BCUT2D eigenvalue weighted by atomic mass is 19.4. The number of halogens is 3. The van der Waals surface area contributed by atoms with Gasteiger partial charge >= 0.3 is 6.18 Å². The molecule has 0 aliphatic carbocycles. The van der Waals surface area contributed by atoms with E-state index in [0.29, 0.717) is 22.9 Å². The molecule has 4 rings (SSSR count). The summed E-state index contributed by atoms with van der Waals surface area (Å²) < 4.78 is 45.3. The lowest BCUT2D eigenvalue weighted by atomic mass is 10.1. The maximum Gasteiger partial charge on any atom is 0.416 e. The van der Waals surface area contributed by atoms with E-state index in [-0.39, 0.29) is 5.56 Å². The lowest BCUT2D eigenvalue weighted by molar-refractivity contribution is -0.137. The van der Waals surface area contributed by atoms with Gasteiger partial charge in [-0.15, -0.1) is 0 Å². The van der Waals surface area contributed by atoms with Gasteiger partial charge in [0.25, 0.3) is 5.91 Å². The molecule has 0 radical (unpaired) electrons. The van der Waals surface area contributed by atoms with Crippen LogP contribution in [-0.2, 0) is 6.18 Å². The Balaban J connectivity index is 1.74. The second kappa shape index (κ2) is 7.79. The number of alkyl halides is 3. The first-order chi connectivity index (χ1) is 14.8. The highest BCUT2D eigenvalue weighted by Gasteiger charge is 2.30. The molecule has 0 saturated heterocycles. The zero-order valence-electron chi connectivity index (χ0n) is 16.7. The lowest BCUT2D eigenvalue weighted by Gasteiger charge is -2.10. The van der Waals surface area contributed by atoms with Crippen LogP contribution in [0.25, 0.3) is 16.9 Å². The van der Waals surface area contributed by atoms with Gasteiger partial charge in [0, 0.05) is 17.3 Å². The third-order valence-corrected chi connectivity index (χ3v) is 4.85. The molecule has 1 N–H and O–H groups in total. The molecular weight excluding hydrogens is 407 g/mol. The zero-order chi connectivity index (χ0) is 22.2. The summed E-state index contributed by atoms with van der Waals surface area (Å²) in [6.07, 6.45) is -2.68. The van der Waals surface area contributed by atoms with E-state index in [4.69, 9.17) is 4.74 Å². The Hall–Kier alpha value is -3.81. The van der Waals surface area contributed by atoms with Crippen LogP contribution in [0, 0.1) is 6.92 Å². The van der Waals surface area contributed by atoms with Crippen molar-refractivity contribution in [3.05, 3.63) is 83.6 Å². The van der Waals surface area contributed by atoms with Crippen LogP contribution in [-0.4, -0.2) is 22.4 Å². The molecule has 2 aromatic heterocycles. The maximum absolute atomic E-state index is 12.8. The molecule has 0 saturated carbocycles. The van der Waals surface area contributed by atoms with Crippen molar-refractivity contribution in [1.29, 1.82) is 0 Å². The number of anilines is 1. The van der Waals surface area contributed by atoms with Crippen LogP contribution in [0.2, 0.25) is 0 Å². The number of imidazole rings is 1. The van der Waals surface area contributed by atoms with E-state index in [2.05, 4.69) is 10.3 Å². The Kier molecular flexibility index (Phi) is 5.14. The van der Waals surface area contributed by atoms with Crippen molar-refractivity contribution in [1.82, 2.24) is 9.38 Å². The summed E-state index contributed by atoms with van der Waals surface area (Å²) in [5.74, 6) is 0.564. The fourth-order valence-corrected chi connectivity index (χ4v) is 3.21. The topological polar surface area (TPSA) is 55.6 Å². The monoisotopic (exact) mass is 425 g/mol. The average molecular weight is 425 g/mol. The second-order valence-electron chi connectivity index (χ2n) is 7.00. The summed E-state index contributed by atoms with van der Waals surface area (Å²) in [7, 11) is 1.57. The minimum atomic E-state index is -4.46. The summed E-state index contributed by atoms with van der Waals surface area (Å²) in [6.45, 7) is 1.93. The van der Waals surface area contributed by atoms with Gasteiger partial charge < -0.3 is 10.1 Å². The molecule has 0 unspecified atom stereocenters. The van der Waals surface area contributed by atoms with Crippen molar-refractivity contribution < 1.29 is 22.7 Å². The van der Waals surface area contributed by atoms with Gasteiger partial charge in [-0.25, -0.2) is 4.98 Å².